The Morgan fingerprint density at radius 1 is 0.643 bits per heavy atom. The van der Waals surface area contributed by atoms with Gasteiger partial charge in [0.2, 0.25) is 0 Å². The van der Waals surface area contributed by atoms with Crippen LogP contribution in [0, 0.1) is 0 Å². The molecule has 0 spiro atoms. The van der Waals surface area contributed by atoms with Gasteiger partial charge in [-0.25, -0.2) is 8.42 Å². The van der Waals surface area contributed by atoms with Crippen LogP contribution in [-0.4, -0.2) is 29.4 Å². The van der Waals surface area contributed by atoms with E-state index in [1.165, 1.54) is 25.7 Å². The van der Waals surface area contributed by atoms with Gasteiger partial charge in [-0.15, -0.1) is 0 Å². The topological polar surface area (TPSA) is 77.4 Å². The standard InChI is InChI=1S/C22H46O4S.K/c1-3-5-6-7-8-12-15-19-22(27(24,25)26)20-16-13-10-9-11-14-18-21(23)17-4-2;/h21-23H,3-20H2,1-2H3,(H,24,25,26);/q;+1/p-1. The molecular weight excluding hydrogens is 399 g/mol. The van der Waals surface area contributed by atoms with E-state index < -0.39 is 15.4 Å². The largest absolute Gasteiger partial charge is 1.00 e. The molecule has 0 aromatic carbocycles. The molecule has 0 aromatic rings. The second kappa shape index (κ2) is 21.7. The van der Waals surface area contributed by atoms with Crippen molar-refractivity contribution < 1.29 is 69.5 Å². The molecular formula is C22H45KO4S. The molecule has 0 aliphatic heterocycles. The molecule has 1 N–H and O–H groups in total. The van der Waals surface area contributed by atoms with Gasteiger partial charge in [0.25, 0.3) is 0 Å². The normalized spacial score (nSPS) is 13.9. The van der Waals surface area contributed by atoms with E-state index in [4.69, 9.17) is 0 Å². The van der Waals surface area contributed by atoms with E-state index in [9.17, 15) is 18.1 Å². The summed E-state index contributed by atoms with van der Waals surface area (Å²) in [6.45, 7) is 4.29. The summed E-state index contributed by atoms with van der Waals surface area (Å²) in [6, 6.07) is 0. The molecule has 6 heteroatoms. The van der Waals surface area contributed by atoms with Crippen molar-refractivity contribution in [3.63, 3.8) is 0 Å². The van der Waals surface area contributed by atoms with Crippen LogP contribution in [0.2, 0.25) is 0 Å². The van der Waals surface area contributed by atoms with Gasteiger partial charge >= 0.3 is 51.4 Å². The zero-order valence-electron chi connectivity index (χ0n) is 19.0. The van der Waals surface area contributed by atoms with Gasteiger partial charge in [-0.3, -0.25) is 0 Å². The van der Waals surface area contributed by atoms with Crippen molar-refractivity contribution in [2.45, 2.75) is 141 Å². The molecule has 0 bridgehead atoms. The molecule has 0 aliphatic rings. The number of aliphatic hydroxyl groups excluding tert-OH is 1. The summed E-state index contributed by atoms with van der Waals surface area (Å²) in [5.41, 5.74) is 0. The van der Waals surface area contributed by atoms with Crippen LogP contribution in [0.25, 0.3) is 0 Å². The summed E-state index contributed by atoms with van der Waals surface area (Å²) in [6.07, 6.45) is 18.0. The van der Waals surface area contributed by atoms with E-state index in [0.717, 1.165) is 77.0 Å². The van der Waals surface area contributed by atoms with Gasteiger partial charge in [0, 0.05) is 5.25 Å². The quantitative estimate of drug-likeness (QED) is 0.177. The van der Waals surface area contributed by atoms with E-state index in [0.29, 0.717) is 12.8 Å². The van der Waals surface area contributed by atoms with Crippen molar-refractivity contribution in [1.82, 2.24) is 0 Å². The molecule has 4 nitrogen and oxygen atoms in total. The predicted molar refractivity (Wildman–Crippen MR) is 114 cm³/mol. The Morgan fingerprint density at radius 2 is 1.04 bits per heavy atom. The smallest absolute Gasteiger partial charge is 0.748 e. The van der Waals surface area contributed by atoms with Gasteiger partial charge in [-0.1, -0.05) is 104 Å². The molecule has 0 aromatic heterocycles. The van der Waals surface area contributed by atoms with Gasteiger partial charge < -0.3 is 9.66 Å². The van der Waals surface area contributed by atoms with Gasteiger partial charge in [0.05, 0.1) is 16.2 Å². The third kappa shape index (κ3) is 20.8. The van der Waals surface area contributed by atoms with E-state index in [1.807, 2.05) is 0 Å². The molecule has 164 valence electrons. The molecule has 0 amide bonds. The first kappa shape index (κ1) is 31.7. The SMILES string of the molecule is CCCCCCCCCC(CCCCCCCCC(O)CCC)S(=O)(=O)[O-].[K+]. The average molecular weight is 445 g/mol. The Morgan fingerprint density at radius 3 is 1.43 bits per heavy atom. The van der Waals surface area contributed by atoms with Crippen LogP contribution in [0.3, 0.4) is 0 Å². The number of hydrogen-bond donors (Lipinski definition) is 1. The first-order valence-corrected chi connectivity index (χ1v) is 13.0. The molecule has 0 saturated heterocycles. The van der Waals surface area contributed by atoms with Crippen molar-refractivity contribution in [2.24, 2.45) is 0 Å². The number of unbranched alkanes of at least 4 members (excludes halogenated alkanes) is 11. The third-order valence-electron chi connectivity index (χ3n) is 5.47. The van der Waals surface area contributed by atoms with E-state index >= 15 is 0 Å². The fraction of sp³-hybridized carbons (Fsp3) is 1.00. The number of hydrogen-bond acceptors (Lipinski definition) is 4. The fourth-order valence-electron chi connectivity index (χ4n) is 3.70. The Balaban J connectivity index is 0. The maximum atomic E-state index is 11.5. The summed E-state index contributed by atoms with van der Waals surface area (Å²) >= 11 is 0. The van der Waals surface area contributed by atoms with Crippen molar-refractivity contribution in [2.75, 3.05) is 0 Å². The second-order valence-electron chi connectivity index (χ2n) is 8.17. The average Bonchev–Trinajstić information content (AvgIpc) is 2.60. The first-order chi connectivity index (χ1) is 12.9. The molecule has 2 atom stereocenters. The Hall–Kier alpha value is 1.51. The van der Waals surface area contributed by atoms with Crippen molar-refractivity contribution in [3.05, 3.63) is 0 Å². The maximum absolute atomic E-state index is 11.5. The monoisotopic (exact) mass is 444 g/mol. The summed E-state index contributed by atoms with van der Waals surface area (Å²) in [5, 5.41) is 9.00. The van der Waals surface area contributed by atoms with Gasteiger partial charge in [-0.05, 0) is 25.7 Å². The summed E-state index contributed by atoms with van der Waals surface area (Å²) in [5.74, 6) is 0. The van der Waals surface area contributed by atoms with Gasteiger partial charge in [0.15, 0.2) is 0 Å². The molecule has 0 radical (unpaired) electrons. The van der Waals surface area contributed by atoms with Crippen molar-refractivity contribution in [3.8, 4) is 0 Å². The first-order valence-electron chi connectivity index (χ1n) is 11.5. The minimum absolute atomic E-state index is 0. The van der Waals surface area contributed by atoms with Crippen LogP contribution in [0.4, 0.5) is 0 Å². The fourth-order valence-corrected chi connectivity index (χ4v) is 4.61. The summed E-state index contributed by atoms with van der Waals surface area (Å²) in [7, 11) is -4.16. The Labute approximate surface area is 218 Å². The Kier molecular flexibility index (Phi) is 24.6. The van der Waals surface area contributed by atoms with Crippen LogP contribution >= 0.6 is 0 Å². The second-order valence-corrected chi connectivity index (χ2v) is 9.82. The molecule has 2 unspecified atom stereocenters. The van der Waals surface area contributed by atoms with Crippen LogP contribution in [0.15, 0.2) is 0 Å². The molecule has 0 aliphatic carbocycles. The minimum Gasteiger partial charge on any atom is -0.748 e. The Bertz CT molecular complexity index is 415. The summed E-state index contributed by atoms with van der Waals surface area (Å²) < 4.78 is 34.4. The molecule has 0 saturated carbocycles. The van der Waals surface area contributed by atoms with E-state index in [2.05, 4.69) is 13.8 Å². The van der Waals surface area contributed by atoms with Crippen molar-refractivity contribution >= 4 is 10.1 Å². The van der Waals surface area contributed by atoms with Gasteiger partial charge in [-0.2, -0.15) is 0 Å². The molecule has 28 heavy (non-hydrogen) atoms. The number of rotatable bonds is 20. The zero-order chi connectivity index (χ0) is 20.4. The third-order valence-corrected chi connectivity index (χ3v) is 6.76. The predicted octanol–water partition coefficient (Wildman–Crippen LogP) is 3.33. The minimum atomic E-state index is -4.16. The number of aliphatic hydroxyl groups is 1. The summed E-state index contributed by atoms with van der Waals surface area (Å²) in [4.78, 5) is 0. The maximum Gasteiger partial charge on any atom is 1.00 e. The molecule has 0 heterocycles. The molecule has 0 fully saturated rings. The van der Waals surface area contributed by atoms with Crippen LogP contribution < -0.4 is 51.4 Å². The van der Waals surface area contributed by atoms with Gasteiger partial charge in [0.1, 0.15) is 0 Å². The van der Waals surface area contributed by atoms with Crippen LogP contribution in [-0.2, 0) is 10.1 Å². The molecule has 0 rings (SSSR count). The van der Waals surface area contributed by atoms with Crippen LogP contribution in [0.1, 0.15) is 129 Å². The van der Waals surface area contributed by atoms with Crippen molar-refractivity contribution in [1.29, 1.82) is 0 Å². The zero-order valence-corrected chi connectivity index (χ0v) is 22.9. The van der Waals surface area contributed by atoms with Crippen LogP contribution in [0.5, 0.6) is 0 Å². The van der Waals surface area contributed by atoms with E-state index in [1.54, 1.807) is 0 Å². The van der Waals surface area contributed by atoms with E-state index in [-0.39, 0.29) is 57.5 Å².